The molecule has 166 valence electrons. The third kappa shape index (κ3) is 5.40. The summed E-state index contributed by atoms with van der Waals surface area (Å²) in [6, 6.07) is 11.2. The minimum absolute atomic E-state index is 0.0286. The molecule has 0 N–H and O–H groups in total. The van der Waals surface area contributed by atoms with Gasteiger partial charge in [0.15, 0.2) is 0 Å². The van der Waals surface area contributed by atoms with Crippen molar-refractivity contribution < 1.29 is 4.79 Å². The summed E-state index contributed by atoms with van der Waals surface area (Å²) >= 11 is 1.60. The Balaban J connectivity index is 2.08. The van der Waals surface area contributed by atoms with Gasteiger partial charge in [0.1, 0.15) is 5.82 Å². The molecule has 1 amide bonds. The molecule has 0 saturated heterocycles. The Labute approximate surface area is 188 Å². The fourth-order valence-electron chi connectivity index (χ4n) is 3.85. The molecule has 1 aromatic carbocycles. The summed E-state index contributed by atoms with van der Waals surface area (Å²) in [6.45, 7) is 6.04. The van der Waals surface area contributed by atoms with Crippen LogP contribution in [0.1, 0.15) is 43.4 Å². The van der Waals surface area contributed by atoms with Crippen molar-refractivity contribution in [3.05, 3.63) is 62.8 Å². The average molecular weight is 441 g/mol. The normalized spacial score (nSPS) is 12.4. The number of aromatic nitrogens is 2. The standard InChI is InChI=1S/C24H32N4O2S/c1-5-13-28-23(25-20-12-8-7-11-19(20)24(28)30)21(6-2)27(15-14-26(3)4)22(29)17-18-10-9-16-31-18/h7-12,16,21H,5-6,13-15,17H2,1-4H3. The van der Waals surface area contributed by atoms with E-state index in [-0.39, 0.29) is 17.5 Å². The maximum absolute atomic E-state index is 13.4. The predicted molar refractivity (Wildman–Crippen MR) is 128 cm³/mol. The molecule has 0 aliphatic carbocycles. The number of likely N-dealkylation sites (N-methyl/N-ethyl adjacent to an activating group) is 1. The summed E-state index contributed by atoms with van der Waals surface area (Å²) in [6.07, 6.45) is 1.88. The number of para-hydroxylation sites is 1. The lowest BCUT2D eigenvalue weighted by Gasteiger charge is -2.33. The van der Waals surface area contributed by atoms with E-state index in [4.69, 9.17) is 4.98 Å². The van der Waals surface area contributed by atoms with Crippen molar-refractivity contribution in [1.29, 1.82) is 0 Å². The molecule has 3 rings (SSSR count). The summed E-state index contributed by atoms with van der Waals surface area (Å²) in [4.78, 5) is 36.7. The first kappa shape index (κ1) is 23.2. The Morgan fingerprint density at radius 1 is 1.13 bits per heavy atom. The largest absolute Gasteiger partial charge is 0.331 e. The molecular weight excluding hydrogens is 408 g/mol. The van der Waals surface area contributed by atoms with E-state index >= 15 is 0 Å². The molecule has 0 aliphatic rings. The van der Waals surface area contributed by atoms with Crippen molar-refractivity contribution in [2.45, 2.75) is 45.7 Å². The molecule has 31 heavy (non-hydrogen) atoms. The van der Waals surface area contributed by atoms with Crippen molar-refractivity contribution in [3.63, 3.8) is 0 Å². The van der Waals surface area contributed by atoms with Crippen LogP contribution in [0.5, 0.6) is 0 Å². The number of rotatable bonds is 10. The number of fused-ring (bicyclic) bond motifs is 1. The summed E-state index contributed by atoms with van der Waals surface area (Å²) in [7, 11) is 4.01. The second-order valence-corrected chi connectivity index (χ2v) is 9.05. The molecular formula is C24H32N4O2S. The van der Waals surface area contributed by atoms with E-state index in [1.807, 2.05) is 60.8 Å². The monoisotopic (exact) mass is 440 g/mol. The molecule has 0 bridgehead atoms. The van der Waals surface area contributed by atoms with Gasteiger partial charge >= 0.3 is 0 Å². The first-order valence-electron chi connectivity index (χ1n) is 10.9. The van der Waals surface area contributed by atoms with E-state index in [1.54, 1.807) is 15.9 Å². The number of hydrogen-bond acceptors (Lipinski definition) is 5. The maximum Gasteiger partial charge on any atom is 0.261 e. The zero-order chi connectivity index (χ0) is 22.4. The Kier molecular flexibility index (Phi) is 7.98. The number of benzene rings is 1. The summed E-state index contributed by atoms with van der Waals surface area (Å²) in [5, 5.41) is 2.62. The number of thiophene rings is 1. The number of carbonyl (C=O) groups is 1. The van der Waals surface area contributed by atoms with Crippen LogP contribution in [0.2, 0.25) is 0 Å². The molecule has 0 aliphatic heterocycles. The van der Waals surface area contributed by atoms with Crippen LogP contribution >= 0.6 is 11.3 Å². The Morgan fingerprint density at radius 3 is 2.55 bits per heavy atom. The van der Waals surface area contributed by atoms with Crippen LogP contribution < -0.4 is 5.56 Å². The third-order valence-corrected chi connectivity index (χ3v) is 6.29. The van der Waals surface area contributed by atoms with Crippen LogP contribution in [0.25, 0.3) is 10.9 Å². The van der Waals surface area contributed by atoms with Crippen molar-refractivity contribution in [2.24, 2.45) is 0 Å². The molecule has 2 heterocycles. The highest BCUT2D eigenvalue weighted by molar-refractivity contribution is 7.10. The van der Waals surface area contributed by atoms with Gasteiger partial charge in [-0.1, -0.05) is 32.0 Å². The second kappa shape index (κ2) is 10.7. The van der Waals surface area contributed by atoms with Crippen molar-refractivity contribution in [2.75, 3.05) is 27.2 Å². The molecule has 6 nitrogen and oxygen atoms in total. The lowest BCUT2D eigenvalue weighted by atomic mass is 10.1. The van der Waals surface area contributed by atoms with Gasteiger partial charge in [0.05, 0.1) is 23.4 Å². The molecule has 1 atom stereocenters. The van der Waals surface area contributed by atoms with Gasteiger partial charge in [-0.15, -0.1) is 11.3 Å². The molecule has 1 unspecified atom stereocenters. The first-order chi connectivity index (χ1) is 15.0. The van der Waals surface area contributed by atoms with Crippen molar-refractivity contribution in [1.82, 2.24) is 19.4 Å². The number of nitrogens with zero attached hydrogens (tertiary/aromatic N) is 4. The topological polar surface area (TPSA) is 58.4 Å². The Hall–Kier alpha value is -2.51. The molecule has 0 spiro atoms. The second-order valence-electron chi connectivity index (χ2n) is 8.01. The summed E-state index contributed by atoms with van der Waals surface area (Å²) in [5.74, 6) is 0.757. The van der Waals surface area contributed by atoms with Crippen LogP contribution in [0.3, 0.4) is 0 Å². The number of hydrogen-bond donors (Lipinski definition) is 0. The fraction of sp³-hybridized carbons (Fsp3) is 0.458. The van der Waals surface area contributed by atoms with Crippen LogP contribution in [0.4, 0.5) is 0 Å². The lowest BCUT2D eigenvalue weighted by molar-refractivity contribution is -0.133. The molecule has 0 radical (unpaired) electrons. The Morgan fingerprint density at radius 2 is 1.90 bits per heavy atom. The molecule has 7 heteroatoms. The SMILES string of the molecule is CCCn1c(C(CC)N(CCN(C)C)C(=O)Cc2cccs2)nc2ccccc2c1=O. The average Bonchev–Trinajstić information content (AvgIpc) is 3.26. The van der Waals surface area contributed by atoms with Gasteiger partial charge in [-0.2, -0.15) is 0 Å². The fourth-order valence-corrected chi connectivity index (χ4v) is 4.54. The number of carbonyl (C=O) groups excluding carboxylic acids is 1. The van der Waals surface area contributed by atoms with Gasteiger partial charge in [0.2, 0.25) is 5.91 Å². The molecule has 0 fully saturated rings. The molecule has 3 aromatic rings. The third-order valence-electron chi connectivity index (χ3n) is 5.41. The van der Waals surface area contributed by atoms with Crippen LogP contribution in [0.15, 0.2) is 46.6 Å². The van der Waals surface area contributed by atoms with E-state index in [2.05, 4.69) is 18.7 Å². The van der Waals surface area contributed by atoms with Crippen LogP contribution in [-0.2, 0) is 17.8 Å². The summed E-state index contributed by atoms with van der Waals surface area (Å²) in [5.41, 5.74) is 0.658. The van der Waals surface area contributed by atoms with Gasteiger partial charge < -0.3 is 9.80 Å². The summed E-state index contributed by atoms with van der Waals surface area (Å²) < 4.78 is 1.78. The van der Waals surface area contributed by atoms with Gasteiger partial charge in [-0.25, -0.2) is 4.98 Å². The zero-order valence-electron chi connectivity index (χ0n) is 18.9. The zero-order valence-corrected chi connectivity index (χ0v) is 19.7. The quantitative estimate of drug-likeness (QED) is 0.479. The van der Waals surface area contributed by atoms with E-state index in [0.29, 0.717) is 42.7 Å². The highest BCUT2D eigenvalue weighted by Crippen LogP contribution is 2.25. The van der Waals surface area contributed by atoms with E-state index in [9.17, 15) is 9.59 Å². The molecule has 2 aromatic heterocycles. The van der Waals surface area contributed by atoms with Crippen molar-refractivity contribution >= 4 is 28.1 Å². The predicted octanol–water partition coefficient (Wildman–Crippen LogP) is 3.95. The highest BCUT2D eigenvalue weighted by Gasteiger charge is 2.28. The maximum atomic E-state index is 13.4. The number of amides is 1. The van der Waals surface area contributed by atoms with Gasteiger partial charge in [-0.05, 0) is 50.5 Å². The van der Waals surface area contributed by atoms with E-state index in [1.165, 1.54) is 0 Å². The smallest absolute Gasteiger partial charge is 0.261 e. The van der Waals surface area contributed by atoms with E-state index < -0.39 is 0 Å². The highest BCUT2D eigenvalue weighted by atomic mass is 32.1. The van der Waals surface area contributed by atoms with Gasteiger partial charge in [0.25, 0.3) is 5.56 Å². The van der Waals surface area contributed by atoms with Gasteiger partial charge in [0, 0.05) is 24.5 Å². The minimum atomic E-state index is -0.253. The van der Waals surface area contributed by atoms with Gasteiger partial charge in [-0.3, -0.25) is 14.2 Å². The lowest BCUT2D eigenvalue weighted by Crippen LogP contribution is -2.42. The van der Waals surface area contributed by atoms with Crippen LogP contribution in [0, 0.1) is 0 Å². The first-order valence-corrected chi connectivity index (χ1v) is 11.8. The van der Waals surface area contributed by atoms with E-state index in [0.717, 1.165) is 17.8 Å². The molecule has 0 saturated carbocycles. The minimum Gasteiger partial charge on any atom is -0.331 e. The Bertz CT molecular complexity index is 1060. The van der Waals surface area contributed by atoms with Crippen LogP contribution in [-0.4, -0.2) is 52.4 Å². The van der Waals surface area contributed by atoms with Crippen molar-refractivity contribution in [3.8, 4) is 0 Å².